The fraction of sp³-hybridized carbons (Fsp3) is 0.571. The van der Waals surface area contributed by atoms with Crippen molar-refractivity contribution < 1.29 is 13.9 Å². The first-order valence-electron chi connectivity index (χ1n) is 6.59. The van der Waals surface area contributed by atoms with Crippen LogP contribution in [0.2, 0.25) is 5.02 Å². The van der Waals surface area contributed by atoms with Crippen molar-refractivity contribution >= 4 is 11.6 Å². The van der Waals surface area contributed by atoms with Crippen LogP contribution in [0.15, 0.2) is 18.2 Å². The quantitative estimate of drug-likeness (QED) is 0.873. The van der Waals surface area contributed by atoms with Crippen LogP contribution in [0, 0.1) is 5.82 Å². The zero-order valence-electron chi connectivity index (χ0n) is 11.0. The molecule has 1 atom stereocenters. The maximum atomic E-state index is 13.4. The topological polar surface area (TPSA) is 30.5 Å². The average molecular weight is 288 g/mol. The highest BCUT2D eigenvalue weighted by Gasteiger charge is 2.21. The van der Waals surface area contributed by atoms with Gasteiger partial charge in [-0.3, -0.25) is 0 Å². The van der Waals surface area contributed by atoms with Gasteiger partial charge in [-0.2, -0.15) is 0 Å². The normalized spacial score (nSPS) is 17.8. The predicted octanol–water partition coefficient (Wildman–Crippen LogP) is 2.76. The van der Waals surface area contributed by atoms with Gasteiger partial charge < -0.3 is 14.8 Å². The Morgan fingerprint density at radius 3 is 2.79 bits per heavy atom. The molecule has 0 saturated carbocycles. The third kappa shape index (κ3) is 4.42. The monoisotopic (exact) mass is 287 g/mol. The van der Waals surface area contributed by atoms with Gasteiger partial charge in [0.1, 0.15) is 5.82 Å². The third-order valence-electron chi connectivity index (χ3n) is 3.13. The Balaban J connectivity index is 1.96. The lowest BCUT2D eigenvalue weighted by Gasteiger charge is -2.21. The summed E-state index contributed by atoms with van der Waals surface area (Å²) >= 11 is 5.69. The third-order valence-corrected chi connectivity index (χ3v) is 3.43. The number of hydrogen-bond acceptors (Lipinski definition) is 3. The second kappa shape index (κ2) is 7.20. The van der Waals surface area contributed by atoms with Gasteiger partial charge in [-0.15, -0.1) is 0 Å². The fourth-order valence-corrected chi connectivity index (χ4v) is 2.37. The zero-order chi connectivity index (χ0) is 13.7. The number of benzene rings is 1. The number of ether oxygens (including phenoxy) is 2. The maximum absolute atomic E-state index is 13.4. The van der Waals surface area contributed by atoms with E-state index in [4.69, 9.17) is 21.1 Å². The molecule has 1 saturated heterocycles. The summed E-state index contributed by atoms with van der Waals surface area (Å²) < 4.78 is 24.3. The number of halogens is 2. The molecule has 1 aromatic rings. The number of likely N-dealkylation sites (N-methyl/N-ethyl adjacent to an activating group) is 1. The molecule has 19 heavy (non-hydrogen) atoms. The summed E-state index contributed by atoms with van der Waals surface area (Å²) in [4.78, 5) is 0. The lowest BCUT2D eigenvalue weighted by molar-refractivity contribution is -0.0525. The molecule has 106 valence electrons. The van der Waals surface area contributed by atoms with Crippen molar-refractivity contribution in [2.75, 3.05) is 19.8 Å². The Kier molecular flexibility index (Phi) is 5.58. The van der Waals surface area contributed by atoms with Crippen LogP contribution in [-0.2, 0) is 15.9 Å². The number of hydrogen-bond donors (Lipinski definition) is 1. The van der Waals surface area contributed by atoms with Crippen LogP contribution in [0.1, 0.15) is 18.9 Å². The van der Waals surface area contributed by atoms with Crippen molar-refractivity contribution in [1.82, 2.24) is 5.32 Å². The van der Waals surface area contributed by atoms with E-state index in [0.29, 0.717) is 13.2 Å². The molecule has 0 bridgehead atoms. The molecule has 1 fully saturated rings. The molecule has 3 nitrogen and oxygen atoms in total. The minimum atomic E-state index is -0.372. The average Bonchev–Trinajstić information content (AvgIpc) is 2.87. The summed E-state index contributed by atoms with van der Waals surface area (Å²) in [6, 6.07) is 5.14. The Hall–Kier alpha value is -0.680. The van der Waals surface area contributed by atoms with E-state index in [1.165, 1.54) is 6.07 Å². The molecule has 1 aliphatic rings. The van der Waals surface area contributed by atoms with E-state index in [0.717, 1.165) is 24.9 Å². The second-order valence-electron chi connectivity index (χ2n) is 4.61. The molecule has 1 aliphatic heterocycles. The lowest BCUT2D eigenvalue weighted by Crippen LogP contribution is -2.34. The first-order valence-corrected chi connectivity index (χ1v) is 6.97. The van der Waals surface area contributed by atoms with E-state index >= 15 is 0 Å². The minimum Gasteiger partial charge on any atom is -0.350 e. The molecule has 0 amide bonds. The zero-order valence-corrected chi connectivity index (χ0v) is 11.8. The molecule has 0 aliphatic carbocycles. The van der Waals surface area contributed by atoms with Crippen molar-refractivity contribution in [2.45, 2.75) is 32.1 Å². The van der Waals surface area contributed by atoms with Gasteiger partial charge >= 0.3 is 0 Å². The van der Waals surface area contributed by atoms with E-state index in [1.54, 1.807) is 6.07 Å². The van der Waals surface area contributed by atoms with Crippen LogP contribution in [0.3, 0.4) is 0 Å². The standard InChI is InChI=1S/C14H19ClFNO2/c1-2-17-11(9-14-18-5-6-19-14)7-10-3-4-12(15)13(16)8-10/h3-4,8,11,14,17H,2,5-7,9H2,1H3. The van der Waals surface area contributed by atoms with Crippen molar-refractivity contribution in [3.05, 3.63) is 34.6 Å². The summed E-state index contributed by atoms with van der Waals surface area (Å²) in [5.74, 6) is -0.372. The van der Waals surface area contributed by atoms with Gasteiger partial charge in [-0.05, 0) is 30.7 Å². The highest BCUT2D eigenvalue weighted by atomic mass is 35.5. The van der Waals surface area contributed by atoms with Gasteiger partial charge in [-0.1, -0.05) is 24.6 Å². The lowest BCUT2D eigenvalue weighted by atomic mass is 10.0. The minimum absolute atomic E-state index is 0.152. The molecule has 0 aromatic heterocycles. The smallest absolute Gasteiger partial charge is 0.159 e. The van der Waals surface area contributed by atoms with Crippen LogP contribution in [0.5, 0.6) is 0 Å². The summed E-state index contributed by atoms with van der Waals surface area (Å²) in [5.41, 5.74) is 0.922. The molecule has 0 radical (unpaired) electrons. The molecule has 1 aromatic carbocycles. The summed E-state index contributed by atoms with van der Waals surface area (Å²) in [5, 5.41) is 3.54. The van der Waals surface area contributed by atoms with Crippen LogP contribution in [0.25, 0.3) is 0 Å². The van der Waals surface area contributed by atoms with Gasteiger partial charge in [0, 0.05) is 12.5 Å². The predicted molar refractivity (Wildman–Crippen MR) is 72.9 cm³/mol. The van der Waals surface area contributed by atoms with Gasteiger partial charge in [0.2, 0.25) is 0 Å². The van der Waals surface area contributed by atoms with E-state index in [1.807, 2.05) is 13.0 Å². The van der Waals surface area contributed by atoms with Crippen molar-refractivity contribution in [1.29, 1.82) is 0 Å². The van der Waals surface area contributed by atoms with Crippen LogP contribution in [-0.4, -0.2) is 32.1 Å². The van der Waals surface area contributed by atoms with E-state index in [9.17, 15) is 4.39 Å². The first-order chi connectivity index (χ1) is 9.19. The van der Waals surface area contributed by atoms with E-state index in [-0.39, 0.29) is 23.2 Å². The van der Waals surface area contributed by atoms with Crippen LogP contribution >= 0.6 is 11.6 Å². The maximum Gasteiger partial charge on any atom is 0.159 e. The molecule has 0 spiro atoms. The van der Waals surface area contributed by atoms with Gasteiger partial charge in [0.15, 0.2) is 6.29 Å². The Labute approximate surface area is 118 Å². The summed E-state index contributed by atoms with van der Waals surface area (Å²) in [6.07, 6.45) is 1.34. The molecule has 1 N–H and O–H groups in total. The summed E-state index contributed by atoms with van der Waals surface area (Å²) in [6.45, 7) is 4.21. The van der Waals surface area contributed by atoms with Crippen LogP contribution in [0.4, 0.5) is 4.39 Å². The second-order valence-corrected chi connectivity index (χ2v) is 5.02. The first kappa shape index (κ1) is 14.7. The van der Waals surface area contributed by atoms with Gasteiger partial charge in [0.05, 0.1) is 18.2 Å². The van der Waals surface area contributed by atoms with E-state index in [2.05, 4.69) is 5.32 Å². The number of nitrogens with one attached hydrogen (secondary N) is 1. The Morgan fingerprint density at radius 2 is 2.16 bits per heavy atom. The molecule has 1 heterocycles. The molecule has 5 heteroatoms. The Bertz CT molecular complexity index is 410. The Morgan fingerprint density at radius 1 is 1.42 bits per heavy atom. The van der Waals surface area contributed by atoms with Crippen molar-refractivity contribution in [2.24, 2.45) is 0 Å². The van der Waals surface area contributed by atoms with Crippen molar-refractivity contribution in [3.63, 3.8) is 0 Å². The number of rotatable bonds is 6. The largest absolute Gasteiger partial charge is 0.350 e. The highest BCUT2D eigenvalue weighted by molar-refractivity contribution is 6.30. The molecule has 2 rings (SSSR count). The van der Waals surface area contributed by atoms with Gasteiger partial charge in [0.25, 0.3) is 0 Å². The van der Waals surface area contributed by atoms with Crippen molar-refractivity contribution in [3.8, 4) is 0 Å². The van der Waals surface area contributed by atoms with Crippen LogP contribution < -0.4 is 5.32 Å². The summed E-state index contributed by atoms with van der Waals surface area (Å²) in [7, 11) is 0. The SMILES string of the molecule is CCNC(Cc1ccc(Cl)c(F)c1)CC1OCCO1. The van der Waals surface area contributed by atoms with Gasteiger partial charge in [-0.25, -0.2) is 4.39 Å². The molecular formula is C14H19ClFNO2. The fourth-order valence-electron chi connectivity index (χ4n) is 2.25. The van der Waals surface area contributed by atoms with E-state index < -0.39 is 0 Å². The molecule has 1 unspecified atom stereocenters. The highest BCUT2D eigenvalue weighted by Crippen LogP contribution is 2.18. The molecular weight excluding hydrogens is 269 g/mol.